The standard InChI is InChI=1S/C24H31N3O4S/c28-24(22-5-4-6-23(17-22)32(29,30)27-13-15-31-16-14-27)25-18-20-7-9-21(10-8-20)19-26-11-2-1-3-12-26/h4-10,17H,1-3,11-16,18-19H2,(H,25,28). The zero-order valence-corrected chi connectivity index (χ0v) is 19.1. The van der Waals surface area contributed by atoms with Crippen molar-refractivity contribution in [1.82, 2.24) is 14.5 Å². The monoisotopic (exact) mass is 457 g/mol. The molecule has 0 spiro atoms. The second kappa shape index (κ2) is 10.6. The van der Waals surface area contributed by atoms with Crippen molar-refractivity contribution in [3.63, 3.8) is 0 Å². The molecule has 32 heavy (non-hydrogen) atoms. The molecule has 172 valence electrons. The average molecular weight is 458 g/mol. The predicted molar refractivity (Wildman–Crippen MR) is 123 cm³/mol. The third kappa shape index (κ3) is 5.75. The fourth-order valence-corrected chi connectivity index (χ4v) is 5.61. The topological polar surface area (TPSA) is 79.0 Å². The molecule has 2 aromatic rings. The normalized spacial score (nSPS) is 18.4. The Kier molecular flexibility index (Phi) is 7.57. The number of hydrogen-bond donors (Lipinski definition) is 1. The molecule has 1 N–H and O–H groups in total. The van der Waals surface area contributed by atoms with E-state index >= 15 is 0 Å². The van der Waals surface area contributed by atoms with Gasteiger partial charge in [-0.05, 0) is 55.3 Å². The van der Waals surface area contributed by atoms with Crippen molar-refractivity contribution < 1.29 is 17.9 Å². The molecule has 7 nitrogen and oxygen atoms in total. The number of sulfonamides is 1. The van der Waals surface area contributed by atoms with Gasteiger partial charge in [0.2, 0.25) is 10.0 Å². The van der Waals surface area contributed by atoms with E-state index < -0.39 is 10.0 Å². The Morgan fingerprint density at radius 1 is 0.906 bits per heavy atom. The number of piperidine rings is 1. The number of morpholine rings is 1. The molecule has 4 rings (SSSR count). The van der Waals surface area contributed by atoms with E-state index in [0.717, 1.165) is 25.2 Å². The number of rotatable bonds is 7. The zero-order chi connectivity index (χ0) is 22.4. The maximum atomic E-state index is 12.9. The van der Waals surface area contributed by atoms with Crippen molar-refractivity contribution in [2.75, 3.05) is 39.4 Å². The van der Waals surface area contributed by atoms with Crippen LogP contribution in [0, 0.1) is 0 Å². The summed E-state index contributed by atoms with van der Waals surface area (Å²) >= 11 is 0. The molecule has 2 fully saturated rings. The second-order valence-electron chi connectivity index (χ2n) is 8.38. The molecule has 0 radical (unpaired) electrons. The minimum absolute atomic E-state index is 0.133. The van der Waals surface area contributed by atoms with E-state index in [1.807, 2.05) is 12.1 Å². The summed E-state index contributed by atoms with van der Waals surface area (Å²) in [6.45, 7) is 5.11. The Balaban J connectivity index is 1.34. The number of benzene rings is 2. The number of likely N-dealkylation sites (tertiary alicyclic amines) is 1. The summed E-state index contributed by atoms with van der Waals surface area (Å²) in [5.41, 5.74) is 2.63. The van der Waals surface area contributed by atoms with Gasteiger partial charge in [0, 0.05) is 31.7 Å². The Morgan fingerprint density at radius 2 is 1.59 bits per heavy atom. The highest BCUT2D eigenvalue weighted by molar-refractivity contribution is 7.89. The second-order valence-corrected chi connectivity index (χ2v) is 10.3. The average Bonchev–Trinajstić information content (AvgIpc) is 2.85. The van der Waals surface area contributed by atoms with Crippen molar-refractivity contribution in [3.05, 3.63) is 65.2 Å². The SMILES string of the molecule is O=C(NCc1ccc(CN2CCCCC2)cc1)c1cccc(S(=O)(=O)N2CCOCC2)c1. The minimum atomic E-state index is -3.63. The van der Waals surface area contributed by atoms with Gasteiger partial charge in [-0.15, -0.1) is 0 Å². The van der Waals surface area contributed by atoms with Gasteiger partial charge in [0.15, 0.2) is 0 Å². The maximum absolute atomic E-state index is 12.9. The molecule has 0 bridgehead atoms. The molecule has 0 aromatic heterocycles. The predicted octanol–water partition coefficient (Wildman–Crippen LogP) is 2.62. The van der Waals surface area contributed by atoms with Crippen molar-refractivity contribution in [3.8, 4) is 0 Å². The molecule has 2 aromatic carbocycles. The van der Waals surface area contributed by atoms with E-state index in [1.54, 1.807) is 12.1 Å². The van der Waals surface area contributed by atoms with Gasteiger partial charge in [-0.1, -0.05) is 36.8 Å². The number of nitrogens with zero attached hydrogens (tertiary/aromatic N) is 2. The first kappa shape index (κ1) is 22.9. The summed E-state index contributed by atoms with van der Waals surface area (Å²) in [6.07, 6.45) is 3.88. The lowest BCUT2D eigenvalue weighted by Gasteiger charge is -2.26. The lowest BCUT2D eigenvalue weighted by atomic mass is 10.1. The first-order valence-electron chi connectivity index (χ1n) is 11.3. The molecular weight excluding hydrogens is 426 g/mol. The van der Waals surface area contributed by atoms with Crippen molar-refractivity contribution in [1.29, 1.82) is 0 Å². The van der Waals surface area contributed by atoms with Crippen LogP contribution < -0.4 is 5.32 Å². The van der Waals surface area contributed by atoms with Crippen LogP contribution >= 0.6 is 0 Å². The quantitative estimate of drug-likeness (QED) is 0.692. The summed E-state index contributed by atoms with van der Waals surface area (Å²) in [5.74, 6) is -0.290. The minimum Gasteiger partial charge on any atom is -0.379 e. The van der Waals surface area contributed by atoms with E-state index in [2.05, 4.69) is 22.3 Å². The van der Waals surface area contributed by atoms with Crippen LogP contribution in [0.15, 0.2) is 53.4 Å². The van der Waals surface area contributed by atoms with Gasteiger partial charge in [-0.25, -0.2) is 8.42 Å². The van der Waals surface area contributed by atoms with Crippen LogP contribution in [-0.2, 0) is 27.8 Å². The van der Waals surface area contributed by atoms with Gasteiger partial charge in [0.25, 0.3) is 5.91 Å². The molecule has 2 aliphatic rings. The molecule has 2 heterocycles. The Labute approximate surface area is 190 Å². The van der Waals surface area contributed by atoms with Gasteiger partial charge in [0.05, 0.1) is 18.1 Å². The molecule has 0 unspecified atom stereocenters. The number of amides is 1. The number of ether oxygens (including phenoxy) is 1. The first-order valence-corrected chi connectivity index (χ1v) is 12.7. The molecule has 1 amide bonds. The van der Waals surface area contributed by atoms with Gasteiger partial charge in [0.1, 0.15) is 0 Å². The highest BCUT2D eigenvalue weighted by atomic mass is 32.2. The molecule has 0 atom stereocenters. The lowest BCUT2D eigenvalue weighted by molar-refractivity contribution is 0.0730. The van der Waals surface area contributed by atoms with E-state index in [1.165, 1.54) is 41.3 Å². The summed E-state index contributed by atoms with van der Waals surface area (Å²) in [6, 6.07) is 14.5. The smallest absolute Gasteiger partial charge is 0.251 e. The zero-order valence-electron chi connectivity index (χ0n) is 18.3. The molecule has 0 aliphatic carbocycles. The van der Waals surface area contributed by atoms with E-state index in [-0.39, 0.29) is 10.8 Å². The fourth-order valence-electron chi connectivity index (χ4n) is 4.16. The summed E-state index contributed by atoms with van der Waals surface area (Å²) < 4.78 is 32.3. The Bertz CT molecular complexity index is 1010. The highest BCUT2D eigenvalue weighted by Gasteiger charge is 2.26. The van der Waals surface area contributed by atoms with Crippen LogP contribution in [0.4, 0.5) is 0 Å². The highest BCUT2D eigenvalue weighted by Crippen LogP contribution is 2.19. The van der Waals surface area contributed by atoms with E-state index in [4.69, 9.17) is 4.74 Å². The lowest BCUT2D eigenvalue weighted by Crippen LogP contribution is -2.40. The van der Waals surface area contributed by atoms with Crippen molar-refractivity contribution in [2.24, 2.45) is 0 Å². The molecular formula is C24H31N3O4S. The van der Waals surface area contributed by atoms with Crippen LogP contribution in [0.5, 0.6) is 0 Å². The summed E-state index contributed by atoms with van der Waals surface area (Å²) in [7, 11) is -3.63. The van der Waals surface area contributed by atoms with Crippen molar-refractivity contribution >= 4 is 15.9 Å². The molecule has 2 aliphatic heterocycles. The number of carbonyl (C=O) groups is 1. The number of carbonyl (C=O) groups excluding carboxylic acids is 1. The van der Waals surface area contributed by atoms with Gasteiger partial charge in [-0.2, -0.15) is 4.31 Å². The van der Waals surface area contributed by atoms with Gasteiger partial charge in [-0.3, -0.25) is 9.69 Å². The fraction of sp³-hybridized carbons (Fsp3) is 0.458. The summed E-state index contributed by atoms with van der Waals surface area (Å²) in [5, 5.41) is 2.90. The molecule has 8 heteroatoms. The number of hydrogen-bond acceptors (Lipinski definition) is 5. The van der Waals surface area contributed by atoms with Gasteiger partial charge >= 0.3 is 0 Å². The largest absolute Gasteiger partial charge is 0.379 e. The molecule has 2 saturated heterocycles. The maximum Gasteiger partial charge on any atom is 0.251 e. The Morgan fingerprint density at radius 3 is 2.31 bits per heavy atom. The van der Waals surface area contributed by atoms with Crippen LogP contribution in [0.3, 0.4) is 0 Å². The number of nitrogens with one attached hydrogen (secondary N) is 1. The van der Waals surface area contributed by atoms with Gasteiger partial charge < -0.3 is 10.1 Å². The molecule has 0 saturated carbocycles. The van der Waals surface area contributed by atoms with Crippen molar-refractivity contribution in [2.45, 2.75) is 37.2 Å². The summed E-state index contributed by atoms with van der Waals surface area (Å²) in [4.78, 5) is 15.3. The third-order valence-corrected chi connectivity index (χ3v) is 7.93. The van der Waals surface area contributed by atoms with Crippen LogP contribution in [0.2, 0.25) is 0 Å². The van der Waals surface area contributed by atoms with Crippen LogP contribution in [-0.4, -0.2) is 62.9 Å². The van der Waals surface area contributed by atoms with E-state index in [0.29, 0.717) is 38.4 Å². The van der Waals surface area contributed by atoms with Crippen LogP contribution in [0.1, 0.15) is 40.7 Å². The Hall–Kier alpha value is -2.26. The first-order chi connectivity index (χ1) is 15.5. The van der Waals surface area contributed by atoms with E-state index in [9.17, 15) is 13.2 Å². The van der Waals surface area contributed by atoms with Crippen LogP contribution in [0.25, 0.3) is 0 Å². The third-order valence-electron chi connectivity index (χ3n) is 6.03.